The highest BCUT2D eigenvalue weighted by Gasteiger charge is 2.37. The highest BCUT2D eigenvalue weighted by molar-refractivity contribution is 7.94. The van der Waals surface area contributed by atoms with E-state index in [1.807, 2.05) is 0 Å². The van der Waals surface area contributed by atoms with E-state index >= 15 is 0 Å². The van der Waals surface area contributed by atoms with Gasteiger partial charge in [-0.1, -0.05) is 18.2 Å². The van der Waals surface area contributed by atoms with Gasteiger partial charge in [0.15, 0.2) is 0 Å². The number of para-hydroxylation sites is 1. The molecule has 0 radical (unpaired) electrons. The first-order chi connectivity index (χ1) is 10.0. The van der Waals surface area contributed by atoms with Crippen molar-refractivity contribution in [3.8, 4) is 5.75 Å². The molecular formula is C14H12N2O4S. The number of carbonyl (C=O) groups is 1. The van der Waals surface area contributed by atoms with Gasteiger partial charge in [-0.15, -0.1) is 0 Å². The highest BCUT2D eigenvalue weighted by atomic mass is 32.2. The van der Waals surface area contributed by atoms with E-state index in [4.69, 9.17) is 4.74 Å². The molecule has 0 bridgehead atoms. The molecule has 1 aliphatic rings. The van der Waals surface area contributed by atoms with E-state index in [0.29, 0.717) is 5.75 Å². The molecule has 1 aliphatic heterocycles. The van der Waals surface area contributed by atoms with Crippen LogP contribution in [0.5, 0.6) is 5.75 Å². The van der Waals surface area contributed by atoms with Crippen molar-refractivity contribution >= 4 is 27.4 Å². The smallest absolute Gasteiger partial charge is 0.340 e. The van der Waals surface area contributed by atoms with Crippen LogP contribution < -0.4 is 14.4 Å². The molecule has 0 aliphatic carbocycles. The number of ether oxygens (including phenoxy) is 1. The minimum atomic E-state index is -3.94. The Labute approximate surface area is 122 Å². The van der Waals surface area contributed by atoms with Crippen molar-refractivity contribution in [3.05, 3.63) is 48.5 Å². The van der Waals surface area contributed by atoms with Crippen LogP contribution >= 0.6 is 0 Å². The number of rotatable bonds is 2. The lowest BCUT2D eigenvalue weighted by atomic mass is 10.3. The van der Waals surface area contributed by atoms with Gasteiger partial charge in [-0.25, -0.2) is 13.2 Å². The van der Waals surface area contributed by atoms with Gasteiger partial charge >= 0.3 is 6.03 Å². The summed E-state index contributed by atoms with van der Waals surface area (Å²) in [6, 6.07) is 11.9. The van der Waals surface area contributed by atoms with Gasteiger partial charge < -0.3 is 10.1 Å². The van der Waals surface area contributed by atoms with Gasteiger partial charge in [0.25, 0.3) is 10.0 Å². The topological polar surface area (TPSA) is 75.7 Å². The number of hydrogen-bond donors (Lipinski definition) is 1. The number of benzene rings is 2. The van der Waals surface area contributed by atoms with E-state index in [1.54, 1.807) is 30.3 Å². The largest absolute Gasteiger partial charge is 0.497 e. The zero-order valence-corrected chi connectivity index (χ0v) is 11.9. The third kappa shape index (κ3) is 2.11. The van der Waals surface area contributed by atoms with Crippen molar-refractivity contribution in [2.45, 2.75) is 4.90 Å². The summed E-state index contributed by atoms with van der Waals surface area (Å²) in [7, 11) is -2.47. The van der Waals surface area contributed by atoms with Crippen molar-refractivity contribution < 1.29 is 17.9 Å². The molecule has 0 unspecified atom stereocenters. The van der Waals surface area contributed by atoms with Crippen molar-refractivity contribution in [1.29, 1.82) is 0 Å². The van der Waals surface area contributed by atoms with E-state index in [9.17, 15) is 13.2 Å². The molecule has 1 N–H and O–H groups in total. The Morgan fingerprint density at radius 3 is 2.48 bits per heavy atom. The monoisotopic (exact) mass is 304 g/mol. The molecule has 7 heteroatoms. The fraction of sp³-hybridized carbons (Fsp3) is 0.0714. The van der Waals surface area contributed by atoms with Crippen LogP contribution in [0.3, 0.4) is 0 Å². The first-order valence-corrected chi connectivity index (χ1v) is 7.57. The molecule has 2 amide bonds. The summed E-state index contributed by atoms with van der Waals surface area (Å²) in [6.45, 7) is 0. The molecule has 0 aromatic heterocycles. The lowest BCUT2D eigenvalue weighted by Crippen LogP contribution is -2.44. The fourth-order valence-corrected chi connectivity index (χ4v) is 3.64. The van der Waals surface area contributed by atoms with Crippen molar-refractivity contribution in [2.24, 2.45) is 0 Å². The van der Waals surface area contributed by atoms with Crippen LogP contribution in [-0.4, -0.2) is 21.6 Å². The Morgan fingerprint density at radius 1 is 1.10 bits per heavy atom. The first kappa shape index (κ1) is 13.4. The van der Waals surface area contributed by atoms with E-state index in [1.165, 1.54) is 25.3 Å². The number of carbonyl (C=O) groups excluding carboxylic acids is 1. The second kappa shape index (κ2) is 4.78. The average molecular weight is 304 g/mol. The molecule has 0 saturated carbocycles. The van der Waals surface area contributed by atoms with Crippen LogP contribution in [0, 0.1) is 0 Å². The van der Waals surface area contributed by atoms with Gasteiger partial charge in [0.05, 0.1) is 18.5 Å². The maximum atomic E-state index is 12.6. The van der Waals surface area contributed by atoms with E-state index in [2.05, 4.69) is 5.32 Å². The summed E-state index contributed by atoms with van der Waals surface area (Å²) in [5.74, 6) is 0.470. The summed E-state index contributed by atoms with van der Waals surface area (Å²) in [6.07, 6.45) is 0. The van der Waals surface area contributed by atoms with Gasteiger partial charge in [0.1, 0.15) is 10.6 Å². The molecule has 1 heterocycles. The van der Waals surface area contributed by atoms with Crippen molar-refractivity contribution in [1.82, 2.24) is 0 Å². The number of amides is 2. The number of hydrogen-bond acceptors (Lipinski definition) is 4. The maximum absolute atomic E-state index is 12.6. The number of nitrogens with one attached hydrogen (secondary N) is 1. The summed E-state index contributed by atoms with van der Waals surface area (Å²) in [4.78, 5) is 12.2. The van der Waals surface area contributed by atoms with E-state index < -0.39 is 16.1 Å². The zero-order chi connectivity index (χ0) is 15.0. The Hall–Kier alpha value is -2.54. The number of anilines is 2. The quantitative estimate of drug-likeness (QED) is 0.924. The summed E-state index contributed by atoms with van der Waals surface area (Å²) >= 11 is 0. The second-order valence-electron chi connectivity index (χ2n) is 4.40. The number of urea groups is 1. The third-order valence-electron chi connectivity index (χ3n) is 3.12. The molecule has 3 rings (SSSR count). The van der Waals surface area contributed by atoms with Gasteiger partial charge in [0.2, 0.25) is 0 Å². The Kier molecular flexibility index (Phi) is 3.06. The van der Waals surface area contributed by atoms with Crippen LogP contribution in [0.4, 0.5) is 16.2 Å². The highest BCUT2D eigenvalue weighted by Crippen LogP contribution is 2.35. The Balaban J connectivity index is 2.17. The lowest BCUT2D eigenvalue weighted by Gasteiger charge is -2.28. The Morgan fingerprint density at radius 2 is 1.81 bits per heavy atom. The van der Waals surface area contributed by atoms with E-state index in [-0.39, 0.29) is 16.3 Å². The minimum Gasteiger partial charge on any atom is -0.497 e. The maximum Gasteiger partial charge on any atom is 0.340 e. The van der Waals surface area contributed by atoms with Crippen molar-refractivity contribution in [2.75, 3.05) is 16.7 Å². The molecule has 0 atom stereocenters. The first-order valence-electron chi connectivity index (χ1n) is 6.13. The molecule has 0 saturated heterocycles. The molecule has 2 aromatic rings. The van der Waals surface area contributed by atoms with Gasteiger partial charge in [-0.2, -0.15) is 4.31 Å². The van der Waals surface area contributed by atoms with Crippen LogP contribution in [0.15, 0.2) is 53.4 Å². The van der Waals surface area contributed by atoms with Crippen molar-refractivity contribution in [3.63, 3.8) is 0 Å². The predicted octanol–water partition coefficient (Wildman–Crippen LogP) is 2.44. The standard InChI is InChI=1S/C14H12N2O4S/c1-20-11-7-8-13-12(9-11)15-14(17)16(21(13,18)19)10-5-3-2-4-6-10/h2-9H,1H3,(H,15,17). The third-order valence-corrected chi connectivity index (χ3v) is 4.89. The van der Waals surface area contributed by atoms with Crippen LogP contribution in [0.2, 0.25) is 0 Å². The van der Waals surface area contributed by atoms with Gasteiger partial charge in [-0.05, 0) is 24.3 Å². The number of fused-ring (bicyclic) bond motifs is 1. The molecule has 0 fully saturated rings. The molecule has 108 valence electrons. The zero-order valence-electron chi connectivity index (χ0n) is 11.1. The van der Waals surface area contributed by atoms with E-state index in [0.717, 1.165) is 4.31 Å². The summed E-state index contributed by atoms with van der Waals surface area (Å²) in [5, 5.41) is 2.57. The molecule has 2 aromatic carbocycles. The van der Waals surface area contributed by atoms with Crippen LogP contribution in [-0.2, 0) is 10.0 Å². The summed E-state index contributed by atoms with van der Waals surface area (Å²) in [5.41, 5.74) is 0.503. The molecule has 6 nitrogen and oxygen atoms in total. The lowest BCUT2D eigenvalue weighted by molar-refractivity contribution is 0.259. The number of sulfonamides is 1. The van der Waals surface area contributed by atoms with Gasteiger partial charge in [-0.3, -0.25) is 0 Å². The predicted molar refractivity (Wildman–Crippen MR) is 78.1 cm³/mol. The molecule has 0 spiro atoms. The number of nitrogens with zero attached hydrogens (tertiary/aromatic N) is 1. The van der Waals surface area contributed by atoms with Crippen LogP contribution in [0.25, 0.3) is 0 Å². The summed E-state index contributed by atoms with van der Waals surface area (Å²) < 4.78 is 31.1. The fourth-order valence-electron chi connectivity index (χ4n) is 2.15. The SMILES string of the molecule is COc1ccc2c(c1)NC(=O)N(c1ccccc1)S2(=O)=O. The van der Waals surface area contributed by atoms with Gasteiger partial charge in [0, 0.05) is 6.07 Å². The minimum absolute atomic E-state index is 0.0340. The second-order valence-corrected chi connectivity index (χ2v) is 6.15. The van der Waals surface area contributed by atoms with Crippen LogP contribution in [0.1, 0.15) is 0 Å². The Bertz CT molecular complexity index is 803. The normalized spacial score (nSPS) is 16.0. The number of methoxy groups -OCH3 is 1. The molecular weight excluding hydrogens is 292 g/mol. The molecule has 21 heavy (non-hydrogen) atoms. The average Bonchev–Trinajstić information content (AvgIpc) is 2.47.